The normalized spacial score (nSPS) is 14.6. The summed E-state index contributed by atoms with van der Waals surface area (Å²) >= 11 is 1.43. The first kappa shape index (κ1) is 11.9. The van der Waals surface area contributed by atoms with Crippen molar-refractivity contribution in [3.8, 4) is 0 Å². The zero-order chi connectivity index (χ0) is 12.4. The van der Waals surface area contributed by atoms with Crippen molar-refractivity contribution in [1.82, 2.24) is 4.31 Å². The zero-order valence-corrected chi connectivity index (χ0v) is 10.5. The van der Waals surface area contributed by atoms with Crippen LogP contribution < -0.4 is 0 Å². The van der Waals surface area contributed by atoms with Gasteiger partial charge in [0, 0.05) is 17.0 Å². The minimum absolute atomic E-state index is 0.0203. The van der Waals surface area contributed by atoms with Crippen LogP contribution in [0.4, 0.5) is 0 Å². The third-order valence-electron chi connectivity index (χ3n) is 2.49. The van der Waals surface area contributed by atoms with Crippen molar-refractivity contribution in [2.75, 3.05) is 13.7 Å². The highest BCUT2D eigenvalue weighted by molar-refractivity contribution is 7.97. The van der Waals surface area contributed by atoms with Crippen molar-refractivity contribution in [1.29, 1.82) is 0 Å². The Morgan fingerprint density at radius 2 is 2.18 bits per heavy atom. The maximum atomic E-state index is 11.7. The predicted octanol–water partition coefficient (Wildman–Crippen LogP) is 2.43. The van der Waals surface area contributed by atoms with Crippen LogP contribution in [0.25, 0.3) is 5.76 Å². The smallest absolute Gasteiger partial charge is 0.359 e. The lowest BCUT2D eigenvalue weighted by atomic mass is 10.1. The highest BCUT2D eigenvalue weighted by Gasteiger charge is 2.30. The zero-order valence-electron chi connectivity index (χ0n) is 9.64. The molecule has 0 radical (unpaired) electrons. The minimum atomic E-state index is -0.522. The fourth-order valence-corrected chi connectivity index (χ4v) is 2.69. The number of benzene rings is 1. The Hall–Kier alpha value is -1.62. The van der Waals surface area contributed by atoms with E-state index in [1.54, 1.807) is 10.4 Å². The molecule has 0 saturated heterocycles. The van der Waals surface area contributed by atoms with Crippen LogP contribution in [0.5, 0.6) is 0 Å². The molecule has 1 aromatic rings. The van der Waals surface area contributed by atoms with E-state index in [0.29, 0.717) is 12.1 Å². The van der Waals surface area contributed by atoms with Crippen molar-refractivity contribution < 1.29 is 14.6 Å². The molecule has 0 atom stereocenters. The van der Waals surface area contributed by atoms with E-state index < -0.39 is 5.97 Å². The van der Waals surface area contributed by atoms with Gasteiger partial charge in [-0.1, -0.05) is 12.1 Å². The summed E-state index contributed by atoms with van der Waals surface area (Å²) in [5, 5.41) is 10.1. The molecule has 0 spiro atoms. The van der Waals surface area contributed by atoms with E-state index in [-0.39, 0.29) is 11.5 Å². The molecule has 1 N–H and O–H groups in total. The number of carbonyl (C=O) groups is 1. The van der Waals surface area contributed by atoms with Gasteiger partial charge in [0.2, 0.25) is 0 Å². The minimum Gasteiger partial charge on any atom is -0.505 e. The maximum absolute atomic E-state index is 11.7. The molecule has 0 aromatic heterocycles. The Morgan fingerprint density at radius 1 is 1.47 bits per heavy atom. The highest BCUT2D eigenvalue weighted by Crippen LogP contribution is 2.39. The second kappa shape index (κ2) is 4.71. The summed E-state index contributed by atoms with van der Waals surface area (Å²) in [6.07, 6.45) is 0. The Labute approximate surface area is 104 Å². The number of hydrogen-bond donors (Lipinski definition) is 1. The van der Waals surface area contributed by atoms with Gasteiger partial charge in [0.15, 0.2) is 11.5 Å². The molecule has 0 unspecified atom stereocenters. The van der Waals surface area contributed by atoms with Gasteiger partial charge in [0.05, 0.1) is 7.11 Å². The van der Waals surface area contributed by atoms with Crippen molar-refractivity contribution >= 4 is 23.7 Å². The van der Waals surface area contributed by atoms with E-state index in [4.69, 9.17) is 4.74 Å². The number of ether oxygens (including phenoxy) is 1. The number of carbonyl (C=O) groups excluding carboxylic acids is 1. The largest absolute Gasteiger partial charge is 0.505 e. The molecule has 0 saturated carbocycles. The van der Waals surface area contributed by atoms with E-state index in [9.17, 15) is 9.90 Å². The molecule has 1 heterocycles. The summed E-state index contributed by atoms with van der Waals surface area (Å²) in [7, 11) is 1.31. The van der Waals surface area contributed by atoms with E-state index in [2.05, 4.69) is 0 Å². The fraction of sp³-hybridized carbons (Fsp3) is 0.250. The maximum Gasteiger partial charge on any atom is 0.359 e. The van der Waals surface area contributed by atoms with Crippen LogP contribution in [0.15, 0.2) is 34.9 Å². The Morgan fingerprint density at radius 3 is 2.82 bits per heavy atom. The van der Waals surface area contributed by atoms with Crippen molar-refractivity contribution in [3.63, 3.8) is 0 Å². The number of methoxy groups -OCH3 is 1. The Kier molecular flexibility index (Phi) is 3.28. The lowest BCUT2D eigenvalue weighted by molar-refractivity contribution is -0.137. The highest BCUT2D eigenvalue weighted by atomic mass is 32.2. The Balaban J connectivity index is 2.56. The van der Waals surface area contributed by atoms with Gasteiger partial charge in [0.25, 0.3) is 0 Å². The van der Waals surface area contributed by atoms with Crippen LogP contribution >= 0.6 is 11.9 Å². The second-order valence-electron chi connectivity index (χ2n) is 3.47. The average Bonchev–Trinajstić information content (AvgIpc) is 2.37. The quantitative estimate of drug-likeness (QED) is 0.646. The summed E-state index contributed by atoms with van der Waals surface area (Å²) in [5.41, 5.74) is 0.876. The molecule has 0 amide bonds. The summed E-state index contributed by atoms with van der Waals surface area (Å²) in [6, 6.07) is 7.42. The van der Waals surface area contributed by atoms with Crippen LogP contribution in [0, 0.1) is 0 Å². The van der Waals surface area contributed by atoms with E-state index in [0.717, 1.165) is 4.90 Å². The van der Waals surface area contributed by atoms with E-state index in [1.165, 1.54) is 19.1 Å². The van der Waals surface area contributed by atoms with Gasteiger partial charge in [-0.3, -0.25) is 0 Å². The number of esters is 1. The first-order valence-electron chi connectivity index (χ1n) is 5.25. The number of aliphatic hydroxyl groups excluding tert-OH is 1. The topological polar surface area (TPSA) is 49.8 Å². The van der Waals surface area contributed by atoms with E-state index in [1.807, 2.05) is 25.1 Å². The molecule has 90 valence electrons. The molecule has 1 aromatic carbocycles. The van der Waals surface area contributed by atoms with Crippen LogP contribution in [-0.2, 0) is 9.53 Å². The van der Waals surface area contributed by atoms with Gasteiger partial charge < -0.3 is 14.1 Å². The number of hydrogen-bond acceptors (Lipinski definition) is 5. The molecular formula is C12H13NO3S. The van der Waals surface area contributed by atoms with Crippen LogP contribution in [-0.4, -0.2) is 29.0 Å². The van der Waals surface area contributed by atoms with Gasteiger partial charge in [-0.05, 0) is 31.0 Å². The molecule has 2 rings (SSSR count). The van der Waals surface area contributed by atoms with Crippen LogP contribution in [0.2, 0.25) is 0 Å². The molecule has 0 fully saturated rings. The van der Waals surface area contributed by atoms with Gasteiger partial charge in [-0.25, -0.2) is 4.79 Å². The van der Waals surface area contributed by atoms with Crippen LogP contribution in [0.3, 0.4) is 0 Å². The summed E-state index contributed by atoms with van der Waals surface area (Å²) < 4.78 is 6.42. The molecule has 1 aliphatic rings. The number of nitrogens with zero attached hydrogens (tertiary/aromatic N) is 1. The summed E-state index contributed by atoms with van der Waals surface area (Å²) in [4.78, 5) is 12.6. The monoisotopic (exact) mass is 251 g/mol. The SMILES string of the molecule is CCN1Sc2ccccc2C(O)=C1C(=O)OC. The summed E-state index contributed by atoms with van der Waals surface area (Å²) in [6.45, 7) is 2.52. The van der Waals surface area contributed by atoms with Crippen LogP contribution in [0.1, 0.15) is 12.5 Å². The fourth-order valence-electron chi connectivity index (χ4n) is 1.67. The number of likely N-dealkylation sites (N-methyl/N-ethyl adjacent to an activating group) is 1. The number of fused-ring (bicyclic) bond motifs is 1. The van der Waals surface area contributed by atoms with Crippen molar-refractivity contribution in [3.05, 3.63) is 35.5 Å². The molecule has 4 nitrogen and oxygen atoms in total. The first-order chi connectivity index (χ1) is 8.19. The average molecular weight is 251 g/mol. The summed E-state index contributed by atoms with van der Waals surface area (Å²) in [5.74, 6) is -0.542. The first-order valence-corrected chi connectivity index (χ1v) is 6.02. The molecule has 0 bridgehead atoms. The molecule has 0 aliphatic carbocycles. The van der Waals surface area contributed by atoms with Crippen molar-refractivity contribution in [2.45, 2.75) is 11.8 Å². The molecule has 1 aliphatic heterocycles. The standard InChI is InChI=1S/C12H13NO3S/c1-3-13-10(12(15)16-2)11(14)8-6-4-5-7-9(8)17-13/h4-7,14H,3H2,1-2H3. The van der Waals surface area contributed by atoms with Gasteiger partial charge >= 0.3 is 5.97 Å². The molecular weight excluding hydrogens is 238 g/mol. The van der Waals surface area contributed by atoms with Gasteiger partial charge in [0.1, 0.15) is 0 Å². The Bertz CT molecular complexity index is 484. The number of rotatable bonds is 2. The lowest BCUT2D eigenvalue weighted by Gasteiger charge is -2.28. The van der Waals surface area contributed by atoms with E-state index >= 15 is 0 Å². The van der Waals surface area contributed by atoms with Gasteiger partial charge in [-0.15, -0.1) is 0 Å². The lowest BCUT2D eigenvalue weighted by Crippen LogP contribution is -2.26. The second-order valence-corrected chi connectivity index (χ2v) is 4.53. The van der Waals surface area contributed by atoms with Crippen molar-refractivity contribution in [2.24, 2.45) is 0 Å². The number of aliphatic hydroxyl groups is 1. The predicted molar refractivity (Wildman–Crippen MR) is 66.2 cm³/mol. The molecule has 5 heteroatoms. The third kappa shape index (κ3) is 1.98. The third-order valence-corrected chi connectivity index (χ3v) is 3.70. The van der Waals surface area contributed by atoms with Gasteiger partial charge in [-0.2, -0.15) is 0 Å². The molecule has 17 heavy (non-hydrogen) atoms.